The Morgan fingerprint density at radius 1 is 1.23 bits per heavy atom. The van der Waals surface area contributed by atoms with E-state index in [9.17, 15) is 9.59 Å². The molecule has 22 heavy (non-hydrogen) atoms. The van der Waals surface area contributed by atoms with Gasteiger partial charge in [0.15, 0.2) is 0 Å². The summed E-state index contributed by atoms with van der Waals surface area (Å²) >= 11 is 5.81. The number of nitrogens with two attached hydrogens (primary N) is 1. The lowest BCUT2D eigenvalue weighted by Gasteiger charge is -2.26. The van der Waals surface area contributed by atoms with Crippen molar-refractivity contribution in [2.24, 2.45) is 5.73 Å². The van der Waals surface area contributed by atoms with Crippen molar-refractivity contribution in [3.05, 3.63) is 29.3 Å². The number of hydrogen-bond donors (Lipinski definition) is 3. The first-order valence-electron chi connectivity index (χ1n) is 6.89. The zero-order valence-corrected chi connectivity index (χ0v) is 13.9. The van der Waals surface area contributed by atoms with E-state index in [0.29, 0.717) is 10.7 Å². The number of nitrogens with one attached hydrogen (secondary N) is 2. The molecule has 1 aromatic carbocycles. The van der Waals surface area contributed by atoms with Crippen LogP contribution in [0.25, 0.3) is 0 Å². The van der Waals surface area contributed by atoms with Gasteiger partial charge in [-0.1, -0.05) is 11.6 Å². The van der Waals surface area contributed by atoms with E-state index in [2.05, 4.69) is 10.6 Å². The summed E-state index contributed by atoms with van der Waals surface area (Å²) in [6.45, 7) is 6.95. The number of rotatable bonds is 5. The van der Waals surface area contributed by atoms with Crippen molar-refractivity contribution in [2.45, 2.75) is 45.4 Å². The van der Waals surface area contributed by atoms with Crippen LogP contribution in [0.15, 0.2) is 24.3 Å². The number of primary amides is 1. The summed E-state index contributed by atoms with van der Waals surface area (Å²) in [5.74, 6) is -0.585. The Balaban J connectivity index is 2.71. The number of carbonyl (C=O) groups excluding carboxylic acids is 2. The molecule has 0 aliphatic carbocycles. The number of hydrogen-bond acceptors (Lipinski definition) is 4. The second-order valence-electron chi connectivity index (χ2n) is 5.97. The summed E-state index contributed by atoms with van der Waals surface area (Å²) in [5, 5.41) is 6.15. The lowest BCUT2D eigenvalue weighted by atomic mass is 10.1. The highest BCUT2D eigenvalue weighted by atomic mass is 35.5. The normalized spacial score (nSPS) is 13.9. The molecular weight excluding hydrogens is 306 g/mol. The van der Waals surface area contributed by atoms with Gasteiger partial charge < -0.3 is 21.1 Å². The fourth-order valence-electron chi connectivity index (χ4n) is 1.74. The van der Waals surface area contributed by atoms with Gasteiger partial charge in [-0.3, -0.25) is 4.79 Å². The highest BCUT2D eigenvalue weighted by Crippen LogP contribution is 2.15. The van der Waals surface area contributed by atoms with Crippen LogP contribution >= 0.6 is 11.6 Å². The molecule has 1 rings (SSSR count). The Labute approximate surface area is 135 Å². The molecule has 1 aromatic rings. The molecular formula is C15H22ClN3O3. The molecule has 122 valence electrons. The molecule has 0 bridgehead atoms. The zero-order valence-electron chi connectivity index (χ0n) is 13.1. The molecule has 0 aliphatic heterocycles. The molecule has 0 saturated carbocycles. The van der Waals surface area contributed by atoms with Crippen molar-refractivity contribution in [3.8, 4) is 0 Å². The number of halogens is 1. The van der Waals surface area contributed by atoms with Crippen LogP contribution in [-0.4, -0.2) is 29.7 Å². The van der Waals surface area contributed by atoms with Crippen LogP contribution in [0.4, 0.5) is 10.5 Å². The van der Waals surface area contributed by atoms with Gasteiger partial charge in [-0.05, 0) is 52.0 Å². The van der Waals surface area contributed by atoms with Crippen LogP contribution in [0, 0.1) is 0 Å². The minimum Gasteiger partial charge on any atom is -0.444 e. The molecule has 0 radical (unpaired) electrons. The average molecular weight is 328 g/mol. The van der Waals surface area contributed by atoms with Gasteiger partial charge in [0.1, 0.15) is 11.6 Å². The fourth-order valence-corrected chi connectivity index (χ4v) is 1.87. The van der Waals surface area contributed by atoms with Gasteiger partial charge in [-0.15, -0.1) is 0 Å². The van der Waals surface area contributed by atoms with E-state index < -0.39 is 29.7 Å². The van der Waals surface area contributed by atoms with Gasteiger partial charge in [0, 0.05) is 10.7 Å². The SMILES string of the molecule is CC(NC(=O)OC(C)(C)C)C(Nc1ccc(Cl)cc1)C(N)=O. The summed E-state index contributed by atoms with van der Waals surface area (Å²) < 4.78 is 5.16. The van der Waals surface area contributed by atoms with E-state index in [4.69, 9.17) is 22.1 Å². The molecule has 0 fully saturated rings. The fraction of sp³-hybridized carbons (Fsp3) is 0.467. The van der Waals surface area contributed by atoms with Crippen LogP contribution in [0.2, 0.25) is 5.02 Å². The summed E-state index contributed by atoms with van der Waals surface area (Å²) in [6.07, 6.45) is -0.607. The van der Waals surface area contributed by atoms with Crippen molar-refractivity contribution in [3.63, 3.8) is 0 Å². The lowest BCUT2D eigenvalue weighted by molar-refractivity contribution is -0.119. The number of benzene rings is 1. The molecule has 4 N–H and O–H groups in total. The minimum atomic E-state index is -0.784. The predicted molar refractivity (Wildman–Crippen MR) is 86.9 cm³/mol. The summed E-state index contributed by atoms with van der Waals surface area (Å²) in [4.78, 5) is 23.4. The number of alkyl carbamates (subject to hydrolysis) is 1. The Morgan fingerprint density at radius 2 is 1.77 bits per heavy atom. The molecule has 0 spiro atoms. The topological polar surface area (TPSA) is 93.4 Å². The maximum atomic E-state index is 11.8. The van der Waals surface area contributed by atoms with Gasteiger partial charge in [-0.2, -0.15) is 0 Å². The first-order chi connectivity index (χ1) is 10.1. The van der Waals surface area contributed by atoms with Crippen molar-refractivity contribution < 1.29 is 14.3 Å². The molecule has 0 aliphatic rings. The van der Waals surface area contributed by atoms with Crippen LogP contribution < -0.4 is 16.4 Å². The number of amides is 2. The second-order valence-corrected chi connectivity index (χ2v) is 6.40. The van der Waals surface area contributed by atoms with E-state index in [-0.39, 0.29) is 0 Å². The van der Waals surface area contributed by atoms with Crippen LogP contribution in [0.5, 0.6) is 0 Å². The maximum Gasteiger partial charge on any atom is 0.407 e. The largest absolute Gasteiger partial charge is 0.444 e. The molecule has 0 saturated heterocycles. The van der Waals surface area contributed by atoms with Gasteiger partial charge in [0.25, 0.3) is 0 Å². The van der Waals surface area contributed by atoms with Gasteiger partial charge in [-0.25, -0.2) is 4.79 Å². The molecule has 0 heterocycles. The Kier molecular flexibility index (Phi) is 6.05. The van der Waals surface area contributed by atoms with Crippen molar-refractivity contribution in [1.29, 1.82) is 0 Å². The molecule has 0 aromatic heterocycles. The highest BCUT2D eigenvalue weighted by molar-refractivity contribution is 6.30. The van der Waals surface area contributed by atoms with E-state index in [1.165, 1.54) is 0 Å². The molecule has 6 nitrogen and oxygen atoms in total. The van der Waals surface area contributed by atoms with Gasteiger partial charge in [0.2, 0.25) is 5.91 Å². The molecule has 2 amide bonds. The van der Waals surface area contributed by atoms with Crippen molar-refractivity contribution in [2.75, 3.05) is 5.32 Å². The summed E-state index contributed by atoms with van der Waals surface area (Å²) in [5.41, 5.74) is 5.46. The molecule has 2 unspecified atom stereocenters. The Hall–Kier alpha value is -1.95. The number of anilines is 1. The third kappa shape index (κ3) is 6.22. The third-order valence-corrected chi connectivity index (χ3v) is 2.97. The predicted octanol–water partition coefficient (Wildman–Crippen LogP) is 2.52. The van der Waals surface area contributed by atoms with Crippen LogP contribution in [-0.2, 0) is 9.53 Å². The summed E-state index contributed by atoms with van der Waals surface area (Å²) in [7, 11) is 0. The average Bonchev–Trinajstić information content (AvgIpc) is 2.34. The first kappa shape index (κ1) is 18.1. The monoisotopic (exact) mass is 327 g/mol. The van der Waals surface area contributed by atoms with Gasteiger partial charge >= 0.3 is 6.09 Å². The highest BCUT2D eigenvalue weighted by Gasteiger charge is 2.26. The van der Waals surface area contributed by atoms with E-state index in [1.54, 1.807) is 52.0 Å². The second kappa shape index (κ2) is 7.35. The van der Waals surface area contributed by atoms with E-state index in [1.807, 2.05) is 0 Å². The quantitative estimate of drug-likeness (QED) is 0.774. The van der Waals surface area contributed by atoms with Crippen LogP contribution in [0.1, 0.15) is 27.7 Å². The van der Waals surface area contributed by atoms with Crippen molar-refractivity contribution in [1.82, 2.24) is 5.32 Å². The first-order valence-corrected chi connectivity index (χ1v) is 7.27. The molecule has 7 heteroatoms. The Bertz CT molecular complexity index is 526. The molecule has 2 atom stereocenters. The van der Waals surface area contributed by atoms with Gasteiger partial charge in [0.05, 0.1) is 6.04 Å². The smallest absolute Gasteiger partial charge is 0.407 e. The number of carbonyl (C=O) groups is 2. The summed E-state index contributed by atoms with van der Waals surface area (Å²) in [6, 6.07) is 5.48. The van der Waals surface area contributed by atoms with Crippen molar-refractivity contribution >= 4 is 29.3 Å². The van der Waals surface area contributed by atoms with E-state index in [0.717, 1.165) is 0 Å². The standard InChI is InChI=1S/C15H22ClN3O3/c1-9(18-14(21)22-15(2,3)4)12(13(17)20)19-11-7-5-10(16)6-8-11/h5-9,12,19H,1-4H3,(H2,17,20)(H,18,21). The Morgan fingerprint density at radius 3 is 2.23 bits per heavy atom. The minimum absolute atomic E-state index is 0.553. The third-order valence-electron chi connectivity index (χ3n) is 2.72. The van der Waals surface area contributed by atoms with Crippen LogP contribution in [0.3, 0.4) is 0 Å². The lowest BCUT2D eigenvalue weighted by Crippen LogP contribution is -2.52. The number of ether oxygens (including phenoxy) is 1. The zero-order chi connectivity index (χ0) is 16.9. The maximum absolute atomic E-state index is 11.8. The van der Waals surface area contributed by atoms with E-state index >= 15 is 0 Å².